The molecule has 10 heteroatoms. The molecule has 0 radical (unpaired) electrons. The van der Waals surface area contributed by atoms with Gasteiger partial charge in [-0.05, 0) is 76.4 Å². The molecule has 0 bridgehead atoms. The number of carbonyl (C=O) groups excluding carboxylic acids is 1. The number of allylic oxidation sites excluding steroid dienone is 1. The van der Waals surface area contributed by atoms with E-state index >= 15 is 4.39 Å². The van der Waals surface area contributed by atoms with Crippen molar-refractivity contribution in [1.29, 1.82) is 0 Å². The Bertz CT molecular complexity index is 1480. The Kier molecular flexibility index (Phi) is 8.46. The molecule has 1 saturated carbocycles. The van der Waals surface area contributed by atoms with Crippen molar-refractivity contribution in [1.82, 2.24) is 10.3 Å². The van der Waals surface area contributed by atoms with Crippen molar-refractivity contribution in [2.24, 2.45) is 10.7 Å². The van der Waals surface area contributed by atoms with Gasteiger partial charge in [-0.25, -0.2) is 4.39 Å². The van der Waals surface area contributed by atoms with Crippen LogP contribution in [0.15, 0.2) is 64.4 Å². The fraction of sp³-hybridized carbons (Fsp3) is 0.345. The zero-order chi connectivity index (χ0) is 28.3. The van der Waals surface area contributed by atoms with Crippen LogP contribution in [0.25, 0.3) is 10.9 Å². The number of aliphatic imine (C=N–C) groups is 1. The van der Waals surface area contributed by atoms with Gasteiger partial charge >= 0.3 is 0 Å². The van der Waals surface area contributed by atoms with E-state index in [1.54, 1.807) is 43.5 Å². The Morgan fingerprint density at radius 1 is 1.26 bits per heavy atom. The lowest BCUT2D eigenvalue weighted by Gasteiger charge is -2.30. The highest BCUT2D eigenvalue weighted by atomic mass is 32.2. The van der Waals surface area contributed by atoms with Crippen molar-refractivity contribution in [2.45, 2.75) is 68.7 Å². The number of hydrogen-bond donors (Lipinski definition) is 3. The number of amides is 1. The SMILES string of the molecule is Cc1c(Oc2ccnc3ccc(S(=O)C4CC(O)C4)cc23)ccc(CC(=O)N/C(C=NC(C)(C)C)=C/N)c1F. The summed E-state index contributed by atoms with van der Waals surface area (Å²) in [5.74, 6) is -0.249. The monoisotopic (exact) mass is 552 g/mol. The maximum Gasteiger partial charge on any atom is 0.228 e. The predicted octanol–water partition coefficient (Wildman–Crippen LogP) is 4.43. The first kappa shape index (κ1) is 28.4. The summed E-state index contributed by atoms with van der Waals surface area (Å²) >= 11 is 0. The van der Waals surface area contributed by atoms with Crippen molar-refractivity contribution >= 4 is 33.8 Å². The summed E-state index contributed by atoms with van der Waals surface area (Å²) in [6.07, 6.45) is 4.74. The van der Waals surface area contributed by atoms with E-state index in [0.717, 1.165) is 0 Å². The summed E-state index contributed by atoms with van der Waals surface area (Å²) < 4.78 is 34.3. The van der Waals surface area contributed by atoms with Gasteiger partial charge in [0.1, 0.15) is 17.3 Å². The van der Waals surface area contributed by atoms with Gasteiger partial charge in [0.15, 0.2) is 0 Å². The van der Waals surface area contributed by atoms with Crippen molar-refractivity contribution in [3.63, 3.8) is 0 Å². The van der Waals surface area contributed by atoms with Crippen molar-refractivity contribution < 1.29 is 23.2 Å². The van der Waals surface area contributed by atoms with E-state index < -0.39 is 28.6 Å². The van der Waals surface area contributed by atoms with Gasteiger partial charge in [0.25, 0.3) is 0 Å². The van der Waals surface area contributed by atoms with Crippen LogP contribution < -0.4 is 15.8 Å². The second-order valence-corrected chi connectivity index (χ2v) is 12.3. The molecule has 1 aliphatic carbocycles. The molecule has 8 nitrogen and oxygen atoms in total. The molecular weight excluding hydrogens is 519 g/mol. The molecule has 0 spiro atoms. The van der Waals surface area contributed by atoms with Crippen LogP contribution in [0.2, 0.25) is 0 Å². The Hall–Kier alpha value is -3.63. The van der Waals surface area contributed by atoms with Crippen LogP contribution in [0.3, 0.4) is 0 Å². The van der Waals surface area contributed by atoms with E-state index in [2.05, 4.69) is 15.3 Å². The van der Waals surface area contributed by atoms with Gasteiger partial charge in [0.05, 0.1) is 40.1 Å². The third kappa shape index (κ3) is 6.88. The number of nitrogens with one attached hydrogen (secondary N) is 1. The number of halogens is 1. The number of aliphatic hydroxyl groups excluding tert-OH is 1. The lowest BCUT2D eigenvalue weighted by molar-refractivity contribution is -0.119. The average Bonchev–Trinajstić information content (AvgIpc) is 2.88. The number of nitrogens with zero attached hydrogens (tertiary/aromatic N) is 2. The van der Waals surface area contributed by atoms with Gasteiger partial charge in [-0.1, -0.05) is 6.07 Å². The predicted molar refractivity (Wildman–Crippen MR) is 151 cm³/mol. The first-order valence-corrected chi connectivity index (χ1v) is 13.9. The van der Waals surface area contributed by atoms with E-state index in [9.17, 15) is 14.1 Å². The minimum atomic E-state index is -1.26. The van der Waals surface area contributed by atoms with Crippen LogP contribution in [0, 0.1) is 12.7 Å². The fourth-order valence-corrected chi connectivity index (χ4v) is 5.68. The number of benzene rings is 2. The zero-order valence-electron chi connectivity index (χ0n) is 22.4. The number of pyridine rings is 1. The normalized spacial score (nSPS) is 18.7. The molecular formula is C29H33FN4O4S. The summed E-state index contributed by atoms with van der Waals surface area (Å²) in [4.78, 5) is 21.9. The van der Waals surface area contributed by atoms with Crippen molar-refractivity contribution in [2.75, 3.05) is 0 Å². The molecule has 1 unspecified atom stereocenters. The molecule has 0 aliphatic heterocycles. The molecule has 39 heavy (non-hydrogen) atoms. The summed E-state index contributed by atoms with van der Waals surface area (Å²) in [6.45, 7) is 7.32. The molecule has 1 aromatic heterocycles. The van der Waals surface area contributed by atoms with E-state index in [0.29, 0.717) is 40.1 Å². The highest BCUT2D eigenvalue weighted by molar-refractivity contribution is 7.85. The average molecular weight is 553 g/mol. The Balaban J connectivity index is 1.52. The number of ether oxygens (including phenoxy) is 1. The third-order valence-electron chi connectivity index (χ3n) is 6.32. The second kappa shape index (κ2) is 11.6. The summed E-state index contributed by atoms with van der Waals surface area (Å²) in [6, 6.07) is 10.1. The molecule has 1 amide bonds. The minimum absolute atomic E-state index is 0.0817. The third-order valence-corrected chi connectivity index (χ3v) is 8.03. The van der Waals surface area contributed by atoms with Crippen LogP contribution in [-0.4, -0.2) is 43.3 Å². The molecule has 2 aromatic carbocycles. The molecule has 1 atom stereocenters. The Morgan fingerprint density at radius 2 is 2.00 bits per heavy atom. The second-order valence-electron chi connectivity index (χ2n) is 10.6. The summed E-state index contributed by atoms with van der Waals surface area (Å²) in [7, 11) is -1.26. The molecule has 0 saturated heterocycles. The van der Waals surface area contributed by atoms with Crippen LogP contribution in [0.1, 0.15) is 44.7 Å². The lowest BCUT2D eigenvalue weighted by atomic mass is 9.96. The van der Waals surface area contributed by atoms with Crippen molar-refractivity contribution in [3.8, 4) is 11.5 Å². The van der Waals surface area contributed by atoms with Crippen molar-refractivity contribution in [3.05, 3.63) is 71.4 Å². The largest absolute Gasteiger partial charge is 0.456 e. The molecule has 3 aromatic rings. The van der Waals surface area contributed by atoms with E-state index in [1.807, 2.05) is 20.8 Å². The van der Waals surface area contributed by atoms with Gasteiger partial charge in [0.2, 0.25) is 5.91 Å². The van der Waals surface area contributed by atoms with Crippen LogP contribution in [0.4, 0.5) is 4.39 Å². The maximum atomic E-state index is 15.3. The number of fused-ring (bicyclic) bond motifs is 1. The highest BCUT2D eigenvalue weighted by Gasteiger charge is 2.33. The number of aliphatic hydroxyl groups is 1. The fourth-order valence-electron chi connectivity index (χ4n) is 4.07. The quantitative estimate of drug-likeness (QED) is 0.355. The molecule has 1 heterocycles. The molecule has 1 fully saturated rings. The van der Waals surface area contributed by atoms with Crippen LogP contribution >= 0.6 is 0 Å². The number of nitrogens with two attached hydrogens (primary N) is 1. The summed E-state index contributed by atoms with van der Waals surface area (Å²) in [5.41, 5.74) is 6.69. The van der Waals surface area contributed by atoms with Crippen LogP contribution in [-0.2, 0) is 22.0 Å². The number of rotatable bonds is 8. The smallest absolute Gasteiger partial charge is 0.228 e. The topological polar surface area (TPSA) is 127 Å². The van der Waals surface area contributed by atoms with Gasteiger partial charge < -0.3 is 20.9 Å². The van der Waals surface area contributed by atoms with Gasteiger partial charge in [-0.15, -0.1) is 0 Å². The van der Waals surface area contributed by atoms with E-state index in [4.69, 9.17) is 10.5 Å². The summed E-state index contributed by atoms with van der Waals surface area (Å²) in [5, 5.41) is 12.8. The number of aromatic nitrogens is 1. The first-order chi connectivity index (χ1) is 18.4. The molecule has 1 aliphatic rings. The van der Waals surface area contributed by atoms with Crippen LogP contribution in [0.5, 0.6) is 11.5 Å². The molecule has 4 N–H and O–H groups in total. The number of carbonyl (C=O) groups is 1. The molecule has 4 rings (SSSR count). The first-order valence-electron chi connectivity index (χ1n) is 12.7. The number of hydrogen-bond acceptors (Lipinski definition) is 7. The molecule has 206 valence electrons. The van der Waals surface area contributed by atoms with E-state index in [1.165, 1.54) is 18.5 Å². The zero-order valence-corrected chi connectivity index (χ0v) is 23.2. The Morgan fingerprint density at radius 3 is 2.67 bits per heavy atom. The minimum Gasteiger partial charge on any atom is -0.456 e. The van der Waals surface area contributed by atoms with Gasteiger partial charge in [0, 0.05) is 39.7 Å². The highest BCUT2D eigenvalue weighted by Crippen LogP contribution is 2.35. The van der Waals surface area contributed by atoms with E-state index in [-0.39, 0.29) is 34.1 Å². The van der Waals surface area contributed by atoms with Gasteiger partial charge in [-0.2, -0.15) is 0 Å². The lowest BCUT2D eigenvalue weighted by Crippen LogP contribution is -2.36. The Labute approximate surface area is 229 Å². The van der Waals surface area contributed by atoms with Gasteiger partial charge in [-0.3, -0.25) is 19.0 Å². The maximum absolute atomic E-state index is 15.3. The standard InChI is InChI=1S/C29H33FN4O4S/c1-17-25(8-5-18(28(17)30)11-27(36)34-19(15-31)16-33-29(2,3)4)38-26-9-10-32-24-7-6-21(14-23(24)26)39(37)22-12-20(35)13-22/h5-10,14-16,20,22,35H,11-13,31H2,1-4H3,(H,34,36)/b19-15+,33-16?.